The van der Waals surface area contributed by atoms with Crippen molar-refractivity contribution in [3.05, 3.63) is 65.5 Å². The van der Waals surface area contributed by atoms with Crippen molar-refractivity contribution in [1.82, 2.24) is 0 Å². The lowest BCUT2D eigenvalue weighted by Crippen LogP contribution is -2.09. The van der Waals surface area contributed by atoms with Gasteiger partial charge in [0.1, 0.15) is 5.75 Å². The molecule has 0 saturated heterocycles. The standard InChI is InChI=1S/C18H16N2O2S/c1-22-15-8-6-14(7-9-15)20-18(21)17-11-10-16(23-17)12-2-4-13(19)5-3-12/h2-11H,19H2,1H3,(H,20,21). The second-order valence-corrected chi connectivity index (χ2v) is 6.05. The third-order valence-electron chi connectivity index (χ3n) is 3.37. The van der Waals surface area contributed by atoms with Gasteiger partial charge in [-0.15, -0.1) is 11.3 Å². The van der Waals surface area contributed by atoms with E-state index in [0.717, 1.165) is 27.6 Å². The van der Waals surface area contributed by atoms with E-state index < -0.39 is 0 Å². The lowest BCUT2D eigenvalue weighted by molar-refractivity contribution is 0.103. The molecule has 23 heavy (non-hydrogen) atoms. The van der Waals surface area contributed by atoms with Crippen molar-refractivity contribution in [2.24, 2.45) is 0 Å². The molecule has 0 spiro atoms. The molecule has 0 radical (unpaired) electrons. The molecule has 1 amide bonds. The molecule has 116 valence electrons. The Balaban J connectivity index is 1.74. The Bertz CT molecular complexity index is 808. The molecule has 0 fully saturated rings. The number of methoxy groups -OCH3 is 1. The highest BCUT2D eigenvalue weighted by molar-refractivity contribution is 7.17. The molecule has 0 aliphatic rings. The number of thiophene rings is 1. The minimum Gasteiger partial charge on any atom is -0.497 e. The van der Waals surface area contributed by atoms with E-state index in [0.29, 0.717) is 4.88 Å². The lowest BCUT2D eigenvalue weighted by atomic mass is 10.2. The molecule has 4 nitrogen and oxygen atoms in total. The molecule has 0 aliphatic heterocycles. The van der Waals surface area contributed by atoms with Gasteiger partial charge in [-0.25, -0.2) is 0 Å². The van der Waals surface area contributed by atoms with E-state index in [9.17, 15) is 4.79 Å². The van der Waals surface area contributed by atoms with E-state index >= 15 is 0 Å². The van der Waals surface area contributed by atoms with E-state index in [-0.39, 0.29) is 5.91 Å². The molecule has 0 saturated carbocycles. The van der Waals surface area contributed by atoms with Crippen molar-refractivity contribution in [1.29, 1.82) is 0 Å². The Kier molecular flexibility index (Phi) is 4.30. The van der Waals surface area contributed by atoms with E-state index in [2.05, 4.69) is 5.32 Å². The summed E-state index contributed by atoms with van der Waals surface area (Å²) in [5.74, 6) is 0.631. The predicted molar refractivity (Wildman–Crippen MR) is 95.1 cm³/mol. The second kappa shape index (κ2) is 6.54. The molecule has 1 heterocycles. The number of anilines is 2. The van der Waals surface area contributed by atoms with Crippen molar-refractivity contribution in [3.63, 3.8) is 0 Å². The lowest BCUT2D eigenvalue weighted by Gasteiger charge is -2.04. The van der Waals surface area contributed by atoms with Gasteiger partial charge in [-0.2, -0.15) is 0 Å². The zero-order chi connectivity index (χ0) is 16.2. The van der Waals surface area contributed by atoms with Crippen LogP contribution in [0.4, 0.5) is 11.4 Å². The number of nitrogens with one attached hydrogen (secondary N) is 1. The van der Waals surface area contributed by atoms with E-state index in [1.807, 2.05) is 60.7 Å². The summed E-state index contributed by atoms with van der Waals surface area (Å²) in [6, 6.07) is 18.6. The average Bonchev–Trinajstić information content (AvgIpc) is 3.06. The second-order valence-electron chi connectivity index (χ2n) is 4.97. The number of hydrogen-bond acceptors (Lipinski definition) is 4. The Morgan fingerprint density at radius 3 is 2.35 bits per heavy atom. The van der Waals surface area contributed by atoms with Crippen LogP contribution in [0.2, 0.25) is 0 Å². The first-order valence-electron chi connectivity index (χ1n) is 7.07. The number of hydrogen-bond donors (Lipinski definition) is 2. The van der Waals surface area contributed by atoms with Gasteiger partial charge < -0.3 is 15.8 Å². The van der Waals surface area contributed by atoms with Crippen molar-refractivity contribution in [2.45, 2.75) is 0 Å². The van der Waals surface area contributed by atoms with Gasteiger partial charge in [-0.05, 0) is 54.1 Å². The Morgan fingerprint density at radius 2 is 1.70 bits per heavy atom. The fourth-order valence-electron chi connectivity index (χ4n) is 2.13. The Labute approximate surface area is 138 Å². The van der Waals surface area contributed by atoms with Crippen molar-refractivity contribution in [3.8, 4) is 16.2 Å². The maximum Gasteiger partial charge on any atom is 0.265 e. The van der Waals surface area contributed by atoms with Crippen LogP contribution in [0.15, 0.2) is 60.7 Å². The highest BCUT2D eigenvalue weighted by Crippen LogP contribution is 2.29. The quantitative estimate of drug-likeness (QED) is 0.705. The van der Waals surface area contributed by atoms with Crippen molar-refractivity contribution in [2.75, 3.05) is 18.2 Å². The SMILES string of the molecule is COc1ccc(NC(=O)c2ccc(-c3ccc(N)cc3)s2)cc1. The fraction of sp³-hybridized carbons (Fsp3) is 0.0556. The first-order valence-corrected chi connectivity index (χ1v) is 7.88. The molecular weight excluding hydrogens is 308 g/mol. The first-order chi connectivity index (χ1) is 11.2. The van der Waals surface area contributed by atoms with Gasteiger partial charge in [0.15, 0.2) is 0 Å². The molecule has 2 aromatic carbocycles. The maximum atomic E-state index is 12.3. The smallest absolute Gasteiger partial charge is 0.265 e. The summed E-state index contributed by atoms with van der Waals surface area (Å²) in [5, 5.41) is 2.88. The zero-order valence-electron chi connectivity index (χ0n) is 12.6. The van der Waals surface area contributed by atoms with Gasteiger partial charge >= 0.3 is 0 Å². The third kappa shape index (κ3) is 3.52. The number of nitrogen functional groups attached to an aromatic ring is 1. The highest BCUT2D eigenvalue weighted by atomic mass is 32.1. The van der Waals surface area contributed by atoms with Crippen LogP contribution in [0.1, 0.15) is 9.67 Å². The maximum absolute atomic E-state index is 12.3. The van der Waals surface area contributed by atoms with Crippen LogP contribution in [0.3, 0.4) is 0 Å². The van der Waals surface area contributed by atoms with Crippen LogP contribution in [-0.2, 0) is 0 Å². The topological polar surface area (TPSA) is 64.3 Å². The Hall–Kier alpha value is -2.79. The van der Waals surface area contributed by atoms with E-state index in [4.69, 9.17) is 10.5 Å². The van der Waals surface area contributed by atoms with Gasteiger partial charge in [0, 0.05) is 16.3 Å². The Morgan fingerprint density at radius 1 is 1.00 bits per heavy atom. The minimum atomic E-state index is -0.123. The molecule has 3 aromatic rings. The summed E-state index contributed by atoms with van der Waals surface area (Å²) in [6.07, 6.45) is 0. The number of rotatable bonds is 4. The van der Waals surface area contributed by atoms with Crippen LogP contribution in [0.25, 0.3) is 10.4 Å². The van der Waals surface area contributed by atoms with Crippen LogP contribution >= 0.6 is 11.3 Å². The highest BCUT2D eigenvalue weighted by Gasteiger charge is 2.10. The molecule has 5 heteroatoms. The van der Waals surface area contributed by atoms with Gasteiger partial charge in [-0.3, -0.25) is 4.79 Å². The summed E-state index contributed by atoms with van der Waals surface area (Å²) >= 11 is 1.45. The number of carbonyl (C=O) groups excluding carboxylic acids is 1. The van der Waals surface area contributed by atoms with Crippen LogP contribution in [-0.4, -0.2) is 13.0 Å². The average molecular weight is 324 g/mol. The van der Waals surface area contributed by atoms with Gasteiger partial charge in [0.2, 0.25) is 0 Å². The molecule has 1 aromatic heterocycles. The normalized spacial score (nSPS) is 10.3. The van der Waals surface area contributed by atoms with Gasteiger partial charge in [-0.1, -0.05) is 12.1 Å². The van der Waals surface area contributed by atoms with Crippen molar-refractivity contribution >= 4 is 28.6 Å². The molecule has 0 atom stereocenters. The predicted octanol–water partition coefficient (Wildman–Crippen LogP) is 4.26. The monoisotopic (exact) mass is 324 g/mol. The molecule has 0 aliphatic carbocycles. The summed E-state index contributed by atoms with van der Waals surface area (Å²) < 4.78 is 5.10. The van der Waals surface area contributed by atoms with Crippen LogP contribution < -0.4 is 15.8 Å². The van der Waals surface area contributed by atoms with Crippen molar-refractivity contribution < 1.29 is 9.53 Å². The third-order valence-corrected chi connectivity index (χ3v) is 4.51. The largest absolute Gasteiger partial charge is 0.497 e. The molecule has 3 rings (SSSR count). The summed E-state index contributed by atoms with van der Waals surface area (Å²) in [7, 11) is 1.61. The summed E-state index contributed by atoms with van der Waals surface area (Å²) in [4.78, 5) is 14.0. The summed E-state index contributed by atoms with van der Waals surface area (Å²) in [6.45, 7) is 0. The van der Waals surface area contributed by atoms with E-state index in [1.54, 1.807) is 7.11 Å². The minimum absolute atomic E-state index is 0.123. The number of nitrogens with two attached hydrogens (primary N) is 1. The van der Waals surface area contributed by atoms with Crippen LogP contribution in [0, 0.1) is 0 Å². The number of amides is 1. The zero-order valence-corrected chi connectivity index (χ0v) is 13.4. The number of ether oxygens (including phenoxy) is 1. The molecule has 0 unspecified atom stereocenters. The van der Waals surface area contributed by atoms with Gasteiger partial charge in [0.25, 0.3) is 5.91 Å². The fourth-order valence-corrected chi connectivity index (χ4v) is 3.04. The first kappa shape index (κ1) is 15.1. The summed E-state index contributed by atoms with van der Waals surface area (Å²) in [5.41, 5.74) is 8.20. The van der Waals surface area contributed by atoms with E-state index in [1.165, 1.54) is 11.3 Å². The molecular formula is C18H16N2O2S. The number of carbonyl (C=O) groups is 1. The van der Waals surface area contributed by atoms with Crippen LogP contribution in [0.5, 0.6) is 5.75 Å². The molecule has 3 N–H and O–H groups in total. The van der Waals surface area contributed by atoms with Gasteiger partial charge in [0.05, 0.1) is 12.0 Å². The molecule has 0 bridgehead atoms. The number of benzene rings is 2.